The smallest absolute Gasteiger partial charge is 0.227 e. The fraction of sp³-hybridized carbons (Fsp3) is 0.429. The second-order valence-corrected chi connectivity index (χ2v) is 9.67. The normalized spacial score (nSPS) is 17.5. The molecule has 5 nitrogen and oxygen atoms in total. The summed E-state index contributed by atoms with van der Waals surface area (Å²) in [6.07, 6.45) is 8.00. The van der Waals surface area contributed by atoms with E-state index in [2.05, 4.69) is 21.2 Å². The number of aromatic nitrogens is 2. The number of halogens is 2. The Balaban J connectivity index is 1.37. The van der Waals surface area contributed by atoms with E-state index >= 15 is 0 Å². The summed E-state index contributed by atoms with van der Waals surface area (Å²) >= 11 is 0. The summed E-state index contributed by atoms with van der Waals surface area (Å²) in [4.78, 5) is 14.5. The molecule has 2 aliphatic rings. The minimum absolute atomic E-state index is 0.00477. The van der Waals surface area contributed by atoms with E-state index in [0.29, 0.717) is 17.8 Å². The fourth-order valence-corrected chi connectivity index (χ4v) is 5.27. The molecule has 1 N–H and O–H groups in total. The van der Waals surface area contributed by atoms with E-state index in [1.54, 1.807) is 0 Å². The van der Waals surface area contributed by atoms with Crippen molar-refractivity contribution in [3.05, 3.63) is 71.4 Å². The predicted octanol–water partition coefficient (Wildman–Crippen LogP) is 5.80. The first kappa shape index (κ1) is 23.7. The second kappa shape index (κ2) is 10.7. The Hall–Kier alpha value is -3.06. The fourth-order valence-electron chi connectivity index (χ4n) is 5.27. The summed E-state index contributed by atoms with van der Waals surface area (Å²) in [6, 6.07) is 12.7. The topological polar surface area (TPSA) is 44.3 Å². The lowest BCUT2D eigenvalue weighted by molar-refractivity contribution is 0.141. The van der Waals surface area contributed by atoms with E-state index in [1.165, 1.54) is 50.6 Å². The van der Waals surface area contributed by atoms with Crippen LogP contribution in [-0.2, 0) is 6.54 Å². The van der Waals surface area contributed by atoms with Crippen LogP contribution in [0.15, 0.2) is 48.7 Å². The van der Waals surface area contributed by atoms with Crippen molar-refractivity contribution in [2.24, 2.45) is 0 Å². The van der Waals surface area contributed by atoms with Gasteiger partial charge in [0.15, 0.2) is 0 Å². The lowest BCUT2D eigenvalue weighted by Crippen LogP contribution is -2.47. The molecule has 5 rings (SSSR count). The third-order valence-corrected chi connectivity index (χ3v) is 7.25. The van der Waals surface area contributed by atoms with Gasteiger partial charge < -0.3 is 15.1 Å². The first-order valence-corrected chi connectivity index (χ1v) is 12.7. The summed E-state index contributed by atoms with van der Waals surface area (Å²) in [5, 5.41) is 3.20. The monoisotopic (exact) mass is 477 g/mol. The van der Waals surface area contributed by atoms with Gasteiger partial charge in [-0.1, -0.05) is 42.3 Å². The van der Waals surface area contributed by atoms with Gasteiger partial charge in [0.1, 0.15) is 17.5 Å². The summed E-state index contributed by atoms with van der Waals surface area (Å²) < 4.78 is 28.5. The minimum atomic E-state index is -0.566. The van der Waals surface area contributed by atoms with Crippen molar-refractivity contribution in [2.75, 3.05) is 36.4 Å². The number of piperidine rings is 2. The molecule has 35 heavy (non-hydrogen) atoms. The molecule has 2 aromatic carbocycles. The van der Waals surface area contributed by atoms with E-state index in [4.69, 9.17) is 9.97 Å². The summed E-state index contributed by atoms with van der Waals surface area (Å²) in [7, 11) is 0. The highest BCUT2D eigenvalue weighted by Crippen LogP contribution is 2.30. The predicted molar refractivity (Wildman–Crippen MR) is 137 cm³/mol. The molecule has 0 saturated carbocycles. The average molecular weight is 478 g/mol. The number of benzene rings is 2. The molecule has 2 aliphatic heterocycles. The van der Waals surface area contributed by atoms with Crippen molar-refractivity contribution in [3.63, 3.8) is 0 Å². The molecular formula is C28H33F2N5. The van der Waals surface area contributed by atoms with Crippen LogP contribution in [0, 0.1) is 18.6 Å². The first-order valence-electron chi connectivity index (χ1n) is 12.7. The Labute approximate surface area is 206 Å². The molecule has 3 aromatic rings. The molecule has 1 aromatic heterocycles. The molecule has 0 amide bonds. The van der Waals surface area contributed by atoms with Crippen molar-refractivity contribution in [1.29, 1.82) is 0 Å². The van der Waals surface area contributed by atoms with Gasteiger partial charge in [0.2, 0.25) is 5.95 Å². The lowest BCUT2D eigenvalue weighted by atomic mass is 10.00. The zero-order chi connectivity index (χ0) is 24.2. The van der Waals surface area contributed by atoms with Gasteiger partial charge in [-0.05, 0) is 63.4 Å². The molecule has 0 bridgehead atoms. The lowest BCUT2D eigenvalue weighted by Gasteiger charge is -2.40. The standard InChI is InChI=1S/C28H33F2N5/c1-20-7-5-8-21(17-20)23-18-32-28(33-27(23)31-19-24-25(29)9-6-10-26(24)30)35-15-11-22(12-16-35)34-13-3-2-4-14-34/h5-10,17-18,22H,2-4,11-16,19H2,1H3,(H,31,32,33). The number of hydrogen-bond donors (Lipinski definition) is 1. The molecule has 0 radical (unpaired) electrons. The van der Waals surface area contributed by atoms with Gasteiger partial charge in [0, 0.05) is 43.0 Å². The Morgan fingerprint density at radius 2 is 1.66 bits per heavy atom. The summed E-state index contributed by atoms with van der Waals surface area (Å²) in [5.74, 6) is 0.115. The third-order valence-electron chi connectivity index (χ3n) is 7.25. The number of rotatable bonds is 6. The Morgan fingerprint density at radius 3 is 2.37 bits per heavy atom. The van der Waals surface area contributed by atoms with Gasteiger partial charge in [-0.15, -0.1) is 0 Å². The Kier molecular flexibility index (Phi) is 7.23. The number of aryl methyl sites for hydroxylation is 1. The quantitative estimate of drug-likeness (QED) is 0.486. The molecule has 7 heteroatoms. The maximum absolute atomic E-state index is 14.3. The first-order chi connectivity index (χ1) is 17.1. The highest BCUT2D eigenvalue weighted by atomic mass is 19.1. The SMILES string of the molecule is Cc1cccc(-c2cnc(N3CCC(N4CCCCC4)CC3)nc2NCc2c(F)cccc2F)c1. The zero-order valence-corrected chi connectivity index (χ0v) is 20.3. The van der Waals surface area contributed by atoms with Gasteiger partial charge in [-0.2, -0.15) is 4.98 Å². The number of likely N-dealkylation sites (tertiary alicyclic amines) is 1. The summed E-state index contributed by atoms with van der Waals surface area (Å²) in [6.45, 7) is 6.29. The Bertz CT molecular complexity index is 1130. The van der Waals surface area contributed by atoms with E-state index < -0.39 is 11.6 Å². The van der Waals surface area contributed by atoms with E-state index in [9.17, 15) is 8.78 Å². The van der Waals surface area contributed by atoms with Gasteiger partial charge in [0.25, 0.3) is 0 Å². The molecule has 0 spiro atoms. The molecule has 2 fully saturated rings. The van der Waals surface area contributed by atoms with Crippen molar-refractivity contribution >= 4 is 11.8 Å². The number of nitrogens with one attached hydrogen (secondary N) is 1. The number of nitrogens with zero attached hydrogens (tertiary/aromatic N) is 4. The van der Waals surface area contributed by atoms with E-state index in [1.807, 2.05) is 31.3 Å². The molecule has 2 saturated heterocycles. The van der Waals surface area contributed by atoms with E-state index in [-0.39, 0.29) is 12.1 Å². The maximum Gasteiger partial charge on any atom is 0.227 e. The largest absolute Gasteiger partial charge is 0.365 e. The van der Waals surface area contributed by atoms with Crippen molar-refractivity contribution in [2.45, 2.75) is 51.6 Å². The van der Waals surface area contributed by atoms with Crippen LogP contribution in [0.3, 0.4) is 0 Å². The van der Waals surface area contributed by atoms with Crippen LogP contribution in [-0.4, -0.2) is 47.1 Å². The molecular weight excluding hydrogens is 444 g/mol. The van der Waals surface area contributed by atoms with Gasteiger partial charge in [0.05, 0.1) is 0 Å². The molecule has 0 unspecified atom stereocenters. The van der Waals surface area contributed by atoms with Crippen molar-refractivity contribution in [1.82, 2.24) is 14.9 Å². The van der Waals surface area contributed by atoms with Gasteiger partial charge in [-0.25, -0.2) is 13.8 Å². The van der Waals surface area contributed by atoms with Crippen LogP contribution in [0.1, 0.15) is 43.2 Å². The number of hydrogen-bond acceptors (Lipinski definition) is 5. The van der Waals surface area contributed by atoms with Crippen LogP contribution >= 0.6 is 0 Å². The van der Waals surface area contributed by atoms with Crippen molar-refractivity contribution < 1.29 is 8.78 Å². The molecule has 0 aliphatic carbocycles. The maximum atomic E-state index is 14.3. The molecule has 0 atom stereocenters. The van der Waals surface area contributed by atoms with Crippen LogP contribution < -0.4 is 10.2 Å². The van der Waals surface area contributed by atoms with Crippen LogP contribution in [0.5, 0.6) is 0 Å². The van der Waals surface area contributed by atoms with Crippen molar-refractivity contribution in [3.8, 4) is 11.1 Å². The second-order valence-electron chi connectivity index (χ2n) is 9.67. The molecule has 184 valence electrons. The van der Waals surface area contributed by atoms with Crippen LogP contribution in [0.4, 0.5) is 20.5 Å². The van der Waals surface area contributed by atoms with E-state index in [0.717, 1.165) is 42.6 Å². The minimum Gasteiger partial charge on any atom is -0.365 e. The summed E-state index contributed by atoms with van der Waals surface area (Å²) in [5.41, 5.74) is 2.91. The molecule has 3 heterocycles. The average Bonchev–Trinajstić information content (AvgIpc) is 2.89. The van der Waals surface area contributed by atoms with Crippen LogP contribution in [0.25, 0.3) is 11.1 Å². The van der Waals surface area contributed by atoms with Crippen LogP contribution in [0.2, 0.25) is 0 Å². The highest BCUT2D eigenvalue weighted by Gasteiger charge is 2.27. The Morgan fingerprint density at radius 1 is 0.943 bits per heavy atom. The van der Waals surface area contributed by atoms with Gasteiger partial charge in [-0.3, -0.25) is 0 Å². The highest BCUT2D eigenvalue weighted by molar-refractivity contribution is 5.75. The zero-order valence-electron chi connectivity index (χ0n) is 20.3. The van der Waals surface area contributed by atoms with Gasteiger partial charge >= 0.3 is 0 Å². The number of anilines is 2. The third kappa shape index (κ3) is 5.45.